The molecule has 0 spiro atoms. The quantitative estimate of drug-likeness (QED) is 0.680. The number of para-hydroxylation sites is 2. The van der Waals surface area contributed by atoms with Crippen LogP contribution in [0.1, 0.15) is 18.1 Å². The summed E-state index contributed by atoms with van der Waals surface area (Å²) in [4.78, 5) is 29.2. The highest BCUT2D eigenvalue weighted by Gasteiger charge is 2.12. The van der Waals surface area contributed by atoms with Gasteiger partial charge in [-0.05, 0) is 31.5 Å². The van der Waals surface area contributed by atoms with Crippen molar-refractivity contribution in [3.05, 3.63) is 70.0 Å². The molecule has 0 aliphatic carbocycles. The van der Waals surface area contributed by atoms with E-state index in [2.05, 4.69) is 10.3 Å². The molecule has 134 valence electrons. The van der Waals surface area contributed by atoms with Gasteiger partial charge in [0.25, 0.3) is 5.56 Å². The number of nitrogens with zero attached hydrogens (tertiary/aromatic N) is 2. The second kappa shape index (κ2) is 8.19. The lowest BCUT2D eigenvalue weighted by Crippen LogP contribution is -2.26. The minimum Gasteiger partial charge on any atom is -0.351 e. The van der Waals surface area contributed by atoms with Gasteiger partial charge in [-0.15, -0.1) is 0 Å². The zero-order valence-corrected chi connectivity index (χ0v) is 15.7. The van der Waals surface area contributed by atoms with E-state index in [1.165, 1.54) is 11.8 Å². The number of rotatable bonds is 6. The van der Waals surface area contributed by atoms with Crippen LogP contribution < -0.4 is 10.9 Å². The number of aryl methyl sites for hydroxylation is 2. The summed E-state index contributed by atoms with van der Waals surface area (Å²) >= 11 is 1.18. The molecule has 26 heavy (non-hydrogen) atoms. The molecule has 5 nitrogen and oxygen atoms in total. The lowest BCUT2D eigenvalue weighted by atomic mass is 10.1. The van der Waals surface area contributed by atoms with Gasteiger partial charge in [0.2, 0.25) is 5.91 Å². The van der Waals surface area contributed by atoms with Crippen molar-refractivity contribution in [2.24, 2.45) is 0 Å². The van der Waals surface area contributed by atoms with Crippen LogP contribution in [-0.2, 0) is 17.9 Å². The van der Waals surface area contributed by atoms with E-state index < -0.39 is 0 Å². The molecule has 0 fully saturated rings. The largest absolute Gasteiger partial charge is 0.351 e. The molecule has 0 aliphatic heterocycles. The maximum atomic E-state index is 12.6. The smallest absolute Gasteiger partial charge is 0.283 e. The third kappa shape index (κ3) is 4.14. The average molecular weight is 367 g/mol. The summed E-state index contributed by atoms with van der Waals surface area (Å²) in [6, 6.07) is 15.6. The van der Waals surface area contributed by atoms with Crippen molar-refractivity contribution >= 4 is 28.7 Å². The van der Waals surface area contributed by atoms with Crippen LogP contribution in [-0.4, -0.2) is 21.2 Å². The summed E-state index contributed by atoms with van der Waals surface area (Å²) in [6.45, 7) is 4.99. The zero-order valence-electron chi connectivity index (χ0n) is 14.9. The molecule has 0 aliphatic rings. The van der Waals surface area contributed by atoms with E-state index in [1.54, 1.807) is 4.57 Å². The number of amides is 1. The maximum Gasteiger partial charge on any atom is 0.283 e. The fourth-order valence-electron chi connectivity index (χ4n) is 2.78. The van der Waals surface area contributed by atoms with Crippen molar-refractivity contribution in [3.8, 4) is 0 Å². The first-order valence-electron chi connectivity index (χ1n) is 8.53. The molecular weight excluding hydrogens is 346 g/mol. The minimum absolute atomic E-state index is 0.117. The van der Waals surface area contributed by atoms with Crippen LogP contribution in [0.3, 0.4) is 0 Å². The van der Waals surface area contributed by atoms with Crippen LogP contribution in [0.5, 0.6) is 0 Å². The molecule has 0 saturated heterocycles. The Balaban J connectivity index is 1.68. The van der Waals surface area contributed by atoms with Crippen LogP contribution in [0.15, 0.2) is 58.4 Å². The summed E-state index contributed by atoms with van der Waals surface area (Å²) in [7, 11) is 0. The molecular formula is C20H21N3O2S. The first-order chi connectivity index (χ1) is 12.6. The van der Waals surface area contributed by atoms with Crippen molar-refractivity contribution in [3.63, 3.8) is 0 Å². The molecule has 1 aromatic heterocycles. The molecule has 3 aromatic rings. The maximum absolute atomic E-state index is 12.6. The number of aromatic nitrogens is 2. The van der Waals surface area contributed by atoms with Gasteiger partial charge in [0.15, 0.2) is 5.03 Å². The number of hydrogen-bond donors (Lipinski definition) is 1. The van der Waals surface area contributed by atoms with Crippen LogP contribution >= 0.6 is 11.8 Å². The molecule has 1 amide bonds. The standard InChI is InChI=1S/C20H21N3O2S/c1-3-23-17-10-5-4-9-16(17)22-19(20(23)25)26-13-18(24)21-12-15-8-6-7-14(2)11-15/h4-11H,3,12-13H2,1-2H3,(H,21,24). The van der Waals surface area contributed by atoms with E-state index >= 15 is 0 Å². The monoisotopic (exact) mass is 367 g/mol. The number of hydrogen-bond acceptors (Lipinski definition) is 4. The first-order valence-corrected chi connectivity index (χ1v) is 9.51. The molecule has 1 heterocycles. The Labute approximate surface area is 156 Å². The highest BCUT2D eigenvalue weighted by molar-refractivity contribution is 7.99. The Kier molecular flexibility index (Phi) is 5.73. The third-order valence-corrected chi connectivity index (χ3v) is 5.00. The van der Waals surface area contributed by atoms with Crippen LogP contribution in [0.25, 0.3) is 11.0 Å². The predicted molar refractivity (Wildman–Crippen MR) is 105 cm³/mol. The summed E-state index contributed by atoms with van der Waals surface area (Å²) in [5.74, 6) is 0.0461. The Morgan fingerprint density at radius 1 is 1.19 bits per heavy atom. The Bertz CT molecular complexity index is 998. The van der Waals surface area contributed by atoms with Gasteiger partial charge < -0.3 is 9.88 Å². The van der Waals surface area contributed by atoms with E-state index in [0.29, 0.717) is 18.1 Å². The number of nitrogens with one attached hydrogen (secondary N) is 1. The van der Waals surface area contributed by atoms with Gasteiger partial charge in [-0.1, -0.05) is 53.7 Å². The predicted octanol–water partition coefficient (Wildman–Crippen LogP) is 3.13. The van der Waals surface area contributed by atoms with Crippen LogP contribution in [0, 0.1) is 6.92 Å². The van der Waals surface area contributed by atoms with E-state index in [1.807, 2.05) is 62.4 Å². The van der Waals surface area contributed by atoms with Gasteiger partial charge >= 0.3 is 0 Å². The highest BCUT2D eigenvalue weighted by Crippen LogP contribution is 2.16. The normalized spacial score (nSPS) is 10.8. The summed E-state index contributed by atoms with van der Waals surface area (Å²) in [5, 5.41) is 3.24. The Morgan fingerprint density at radius 3 is 2.77 bits per heavy atom. The highest BCUT2D eigenvalue weighted by atomic mass is 32.2. The molecule has 0 unspecified atom stereocenters. The fourth-order valence-corrected chi connectivity index (χ4v) is 3.55. The number of benzene rings is 2. The second-order valence-corrected chi connectivity index (χ2v) is 6.97. The first kappa shape index (κ1) is 18.2. The number of carbonyl (C=O) groups is 1. The Hall–Kier alpha value is -2.60. The third-order valence-electron chi connectivity index (χ3n) is 4.05. The summed E-state index contributed by atoms with van der Waals surface area (Å²) < 4.78 is 1.69. The zero-order chi connectivity index (χ0) is 18.5. The molecule has 3 rings (SSSR count). The number of fused-ring (bicyclic) bond motifs is 1. The van der Waals surface area contributed by atoms with Gasteiger partial charge in [-0.25, -0.2) is 4.98 Å². The van der Waals surface area contributed by atoms with E-state index in [0.717, 1.165) is 22.2 Å². The minimum atomic E-state index is -0.150. The van der Waals surface area contributed by atoms with E-state index in [9.17, 15) is 9.59 Å². The van der Waals surface area contributed by atoms with Gasteiger partial charge in [0.1, 0.15) is 0 Å². The van der Waals surface area contributed by atoms with Crippen molar-refractivity contribution in [2.45, 2.75) is 32.0 Å². The summed E-state index contributed by atoms with van der Waals surface area (Å²) in [5.41, 5.74) is 3.64. The SMILES string of the molecule is CCn1c(=O)c(SCC(=O)NCc2cccc(C)c2)nc2ccccc21. The van der Waals surface area contributed by atoms with Crippen molar-refractivity contribution < 1.29 is 4.79 Å². The van der Waals surface area contributed by atoms with Gasteiger partial charge in [-0.2, -0.15) is 0 Å². The molecule has 0 radical (unpaired) electrons. The van der Waals surface area contributed by atoms with Gasteiger partial charge in [0, 0.05) is 13.1 Å². The topological polar surface area (TPSA) is 64.0 Å². The second-order valence-electron chi connectivity index (χ2n) is 6.01. The lowest BCUT2D eigenvalue weighted by Gasteiger charge is -2.10. The molecule has 0 bridgehead atoms. The van der Waals surface area contributed by atoms with Crippen LogP contribution in [0.2, 0.25) is 0 Å². The van der Waals surface area contributed by atoms with Gasteiger partial charge in [-0.3, -0.25) is 9.59 Å². The van der Waals surface area contributed by atoms with Crippen molar-refractivity contribution in [1.82, 2.24) is 14.9 Å². The van der Waals surface area contributed by atoms with Crippen LogP contribution in [0.4, 0.5) is 0 Å². The molecule has 1 N–H and O–H groups in total. The molecule has 2 aromatic carbocycles. The van der Waals surface area contributed by atoms with Crippen molar-refractivity contribution in [1.29, 1.82) is 0 Å². The molecule has 0 saturated carbocycles. The summed E-state index contributed by atoms with van der Waals surface area (Å²) in [6.07, 6.45) is 0. The molecule has 0 atom stereocenters. The lowest BCUT2D eigenvalue weighted by molar-refractivity contribution is -0.118. The van der Waals surface area contributed by atoms with E-state index in [4.69, 9.17) is 0 Å². The van der Waals surface area contributed by atoms with E-state index in [-0.39, 0.29) is 17.2 Å². The van der Waals surface area contributed by atoms with Gasteiger partial charge in [0.05, 0.1) is 16.8 Å². The average Bonchev–Trinajstić information content (AvgIpc) is 2.65. The Morgan fingerprint density at radius 2 is 2.00 bits per heavy atom. The fraction of sp³-hybridized carbons (Fsp3) is 0.250. The van der Waals surface area contributed by atoms with Crippen molar-refractivity contribution in [2.75, 3.05) is 5.75 Å². The number of carbonyl (C=O) groups excluding carboxylic acids is 1. The molecule has 6 heteroatoms. The number of thioether (sulfide) groups is 1.